The van der Waals surface area contributed by atoms with E-state index in [-0.39, 0.29) is 12.1 Å². The van der Waals surface area contributed by atoms with Gasteiger partial charge in [-0.25, -0.2) is 35.1 Å². The van der Waals surface area contributed by atoms with Crippen LogP contribution < -0.4 is 0 Å². The first-order valence-corrected chi connectivity index (χ1v) is 4.83. The van der Waals surface area contributed by atoms with Gasteiger partial charge in [-0.1, -0.05) is 0 Å². The van der Waals surface area contributed by atoms with Crippen LogP contribution >= 0.6 is 0 Å². The molecule has 8 heteroatoms. The Morgan fingerprint density at radius 2 is 0.800 bits per heavy atom. The second-order valence-electron chi connectivity index (χ2n) is 3.34. The summed E-state index contributed by atoms with van der Waals surface area (Å²) in [5.74, 6) is -12.1. The lowest BCUT2D eigenvalue weighted by molar-refractivity contribution is 0.409. The fraction of sp³-hybridized carbons (Fsp3) is 0. The van der Waals surface area contributed by atoms with Gasteiger partial charge in [0.1, 0.15) is 5.82 Å². The van der Waals surface area contributed by atoms with Gasteiger partial charge in [0.25, 0.3) is 0 Å². The third-order valence-corrected chi connectivity index (χ3v) is 1.94. The third-order valence-electron chi connectivity index (χ3n) is 1.94. The van der Waals surface area contributed by atoms with Gasteiger partial charge >= 0.3 is 0 Å². The molecule has 0 aromatic heterocycles. The van der Waals surface area contributed by atoms with Crippen molar-refractivity contribution in [3.05, 3.63) is 70.8 Å². The largest absolute Gasteiger partial charge is 0.207 e. The van der Waals surface area contributed by atoms with Crippen molar-refractivity contribution < 1.29 is 35.1 Å². The molecule has 0 aliphatic carbocycles. The van der Waals surface area contributed by atoms with Crippen LogP contribution in [-0.4, -0.2) is 0 Å². The average molecular weight is 300 g/mol. The first-order valence-electron chi connectivity index (χ1n) is 4.83. The molecule has 0 fully saturated rings. The number of benzene rings is 2. The van der Waals surface area contributed by atoms with E-state index >= 15 is 0 Å². The predicted molar refractivity (Wildman–Crippen MR) is 52.5 cm³/mol. The Labute approximate surface area is 107 Å². The molecular formula is C12H4F8. The van der Waals surface area contributed by atoms with Crippen molar-refractivity contribution >= 4 is 0 Å². The Balaban J connectivity index is 0.000000200. The van der Waals surface area contributed by atoms with Crippen LogP contribution in [0.5, 0.6) is 0 Å². The maximum atomic E-state index is 12.0. The van der Waals surface area contributed by atoms with E-state index in [0.717, 1.165) is 0 Å². The predicted octanol–water partition coefficient (Wildman–Crippen LogP) is 4.49. The molecule has 0 saturated heterocycles. The molecule has 2 aromatic rings. The monoisotopic (exact) mass is 300 g/mol. The van der Waals surface area contributed by atoms with Crippen molar-refractivity contribution in [1.29, 1.82) is 0 Å². The van der Waals surface area contributed by atoms with Crippen LogP contribution in [0.1, 0.15) is 0 Å². The Morgan fingerprint density at radius 3 is 1.15 bits per heavy atom. The second-order valence-corrected chi connectivity index (χ2v) is 3.34. The average Bonchev–Trinajstić information content (AvgIpc) is 2.39. The van der Waals surface area contributed by atoms with Gasteiger partial charge in [0.2, 0.25) is 0 Å². The molecule has 0 saturated carbocycles. The molecule has 0 bridgehead atoms. The lowest BCUT2D eigenvalue weighted by Gasteiger charge is -1.93. The van der Waals surface area contributed by atoms with Crippen molar-refractivity contribution in [2.24, 2.45) is 0 Å². The normalized spacial score (nSPS) is 10.0. The van der Waals surface area contributed by atoms with Crippen LogP contribution in [0.15, 0.2) is 24.3 Å². The van der Waals surface area contributed by atoms with Crippen LogP contribution in [0.2, 0.25) is 0 Å². The minimum Gasteiger partial charge on any atom is -0.207 e. The maximum Gasteiger partial charge on any atom is 0.197 e. The molecule has 0 nitrogen and oxygen atoms in total. The van der Waals surface area contributed by atoms with Gasteiger partial charge in [0.05, 0.1) is 0 Å². The summed E-state index contributed by atoms with van der Waals surface area (Å²) in [6, 6.07) is 1.60. The molecule has 0 unspecified atom stereocenters. The van der Waals surface area contributed by atoms with E-state index in [9.17, 15) is 35.1 Å². The highest BCUT2D eigenvalue weighted by Gasteiger charge is 2.12. The highest BCUT2D eigenvalue weighted by Crippen LogP contribution is 2.13. The SMILES string of the molecule is Fc1cc(F)c(F)c(F)c1.Fc1ccc(F)c(F)c1F. The zero-order chi connectivity index (χ0) is 15.4. The van der Waals surface area contributed by atoms with Crippen LogP contribution in [0.4, 0.5) is 35.1 Å². The fourth-order valence-corrected chi connectivity index (χ4v) is 1.03. The summed E-state index contributed by atoms with van der Waals surface area (Å²) in [5, 5.41) is 0. The van der Waals surface area contributed by atoms with Crippen LogP contribution in [0, 0.1) is 46.5 Å². The van der Waals surface area contributed by atoms with Crippen LogP contribution in [0.25, 0.3) is 0 Å². The lowest BCUT2D eigenvalue weighted by Crippen LogP contribution is -1.93. The summed E-state index contributed by atoms with van der Waals surface area (Å²) in [7, 11) is 0. The molecule has 2 aromatic carbocycles. The van der Waals surface area contributed by atoms with Gasteiger partial charge < -0.3 is 0 Å². The smallest absolute Gasteiger partial charge is 0.197 e. The molecule has 0 aliphatic heterocycles. The lowest BCUT2D eigenvalue weighted by atomic mass is 10.3. The summed E-state index contributed by atoms with van der Waals surface area (Å²) in [6.07, 6.45) is 0. The number of hydrogen-bond donors (Lipinski definition) is 0. The van der Waals surface area contributed by atoms with E-state index in [1.165, 1.54) is 0 Å². The summed E-state index contributed by atoms with van der Waals surface area (Å²) in [5.41, 5.74) is 0. The highest BCUT2D eigenvalue weighted by molar-refractivity contribution is 5.11. The molecule has 0 heterocycles. The summed E-state index contributed by atoms with van der Waals surface area (Å²) >= 11 is 0. The number of hydrogen-bond acceptors (Lipinski definition) is 0. The van der Waals surface area contributed by atoms with Gasteiger partial charge in [0.15, 0.2) is 40.7 Å². The van der Waals surface area contributed by atoms with E-state index < -0.39 is 46.5 Å². The van der Waals surface area contributed by atoms with Crippen LogP contribution in [0.3, 0.4) is 0 Å². The summed E-state index contributed by atoms with van der Waals surface area (Å²) < 4.78 is 95.9. The summed E-state index contributed by atoms with van der Waals surface area (Å²) in [6.45, 7) is 0. The first kappa shape index (κ1) is 15.9. The van der Waals surface area contributed by atoms with Crippen molar-refractivity contribution in [3.8, 4) is 0 Å². The van der Waals surface area contributed by atoms with E-state index in [4.69, 9.17) is 0 Å². The van der Waals surface area contributed by atoms with Gasteiger partial charge in [-0.15, -0.1) is 0 Å². The molecule has 0 spiro atoms. The Morgan fingerprint density at radius 1 is 0.450 bits per heavy atom. The molecule has 2 rings (SSSR count). The van der Waals surface area contributed by atoms with Crippen molar-refractivity contribution in [2.45, 2.75) is 0 Å². The zero-order valence-corrected chi connectivity index (χ0v) is 9.33. The van der Waals surface area contributed by atoms with Gasteiger partial charge in [-0.3, -0.25) is 0 Å². The number of rotatable bonds is 0. The molecular weight excluding hydrogens is 296 g/mol. The first-order chi connectivity index (χ1) is 9.23. The Bertz CT molecular complexity index is 573. The zero-order valence-electron chi connectivity index (χ0n) is 9.33. The van der Waals surface area contributed by atoms with E-state index in [1.807, 2.05) is 0 Å². The van der Waals surface area contributed by atoms with E-state index in [1.54, 1.807) is 0 Å². The highest BCUT2D eigenvalue weighted by atomic mass is 19.2. The van der Waals surface area contributed by atoms with Gasteiger partial charge in [-0.05, 0) is 12.1 Å². The molecule has 0 N–H and O–H groups in total. The van der Waals surface area contributed by atoms with Gasteiger partial charge in [0, 0.05) is 12.1 Å². The third kappa shape index (κ3) is 3.69. The minimum atomic E-state index is -1.78. The van der Waals surface area contributed by atoms with Crippen molar-refractivity contribution in [2.75, 3.05) is 0 Å². The van der Waals surface area contributed by atoms with Gasteiger partial charge in [-0.2, -0.15) is 0 Å². The Kier molecular flexibility index (Phi) is 5.06. The number of halogens is 8. The van der Waals surface area contributed by atoms with E-state index in [0.29, 0.717) is 12.1 Å². The fourth-order valence-electron chi connectivity index (χ4n) is 1.03. The standard InChI is InChI=1S/2C6H2F4/c7-3-1-4(8)6(10)5(9)2-3;7-3-1-2-4(8)6(10)5(3)9/h2*1-2H. The quantitative estimate of drug-likeness (QED) is 0.382. The maximum absolute atomic E-state index is 12.0. The van der Waals surface area contributed by atoms with E-state index in [2.05, 4.69) is 0 Å². The molecule has 20 heavy (non-hydrogen) atoms. The molecule has 108 valence electrons. The van der Waals surface area contributed by atoms with Crippen LogP contribution in [-0.2, 0) is 0 Å². The minimum absolute atomic E-state index is 0.276. The molecule has 0 amide bonds. The molecule has 0 aliphatic rings. The topological polar surface area (TPSA) is 0 Å². The van der Waals surface area contributed by atoms with Crippen molar-refractivity contribution in [3.63, 3.8) is 0 Å². The van der Waals surface area contributed by atoms with Crippen molar-refractivity contribution in [1.82, 2.24) is 0 Å². The Hall–Kier alpha value is -2.12. The molecule has 0 radical (unpaired) electrons. The second kappa shape index (κ2) is 6.36. The summed E-state index contributed by atoms with van der Waals surface area (Å²) in [4.78, 5) is 0. The molecule has 0 atom stereocenters.